The third-order valence-electron chi connectivity index (χ3n) is 1.62. The van der Waals surface area contributed by atoms with Crippen LogP contribution >= 0.6 is 11.3 Å². The second-order valence-corrected chi connectivity index (χ2v) is 3.93. The van der Waals surface area contributed by atoms with Crippen molar-refractivity contribution in [2.45, 2.75) is 13.8 Å². The SMILES string of the molecule is CC(C)C(=O)c1csc(C(=O)O)c1. The molecular weight excluding hydrogens is 188 g/mol. The van der Waals surface area contributed by atoms with Crippen molar-refractivity contribution in [2.24, 2.45) is 5.92 Å². The lowest BCUT2D eigenvalue weighted by Crippen LogP contribution is -2.05. The van der Waals surface area contributed by atoms with Crippen LogP contribution in [0.3, 0.4) is 0 Å². The van der Waals surface area contributed by atoms with E-state index in [1.165, 1.54) is 6.07 Å². The lowest BCUT2D eigenvalue weighted by molar-refractivity contribution is 0.0702. The van der Waals surface area contributed by atoms with E-state index in [9.17, 15) is 9.59 Å². The highest BCUT2D eigenvalue weighted by Crippen LogP contribution is 2.17. The summed E-state index contributed by atoms with van der Waals surface area (Å²) in [4.78, 5) is 22.1. The first-order valence-electron chi connectivity index (χ1n) is 3.88. The van der Waals surface area contributed by atoms with E-state index < -0.39 is 5.97 Å². The van der Waals surface area contributed by atoms with Gasteiger partial charge in [-0.15, -0.1) is 11.3 Å². The number of aromatic carboxylic acids is 1. The van der Waals surface area contributed by atoms with Crippen LogP contribution in [-0.2, 0) is 0 Å². The molecule has 0 aromatic carbocycles. The quantitative estimate of drug-likeness (QED) is 0.758. The molecule has 0 atom stereocenters. The summed E-state index contributed by atoms with van der Waals surface area (Å²) in [5, 5.41) is 10.2. The number of thiophene rings is 1. The summed E-state index contributed by atoms with van der Waals surface area (Å²) < 4.78 is 0. The van der Waals surface area contributed by atoms with E-state index in [0.717, 1.165) is 11.3 Å². The maximum atomic E-state index is 11.4. The van der Waals surface area contributed by atoms with Gasteiger partial charge in [-0.2, -0.15) is 0 Å². The van der Waals surface area contributed by atoms with E-state index in [0.29, 0.717) is 5.56 Å². The molecule has 13 heavy (non-hydrogen) atoms. The van der Waals surface area contributed by atoms with Crippen LogP contribution in [0.4, 0.5) is 0 Å². The highest BCUT2D eigenvalue weighted by molar-refractivity contribution is 7.12. The Hall–Kier alpha value is -1.16. The number of carboxylic acids is 1. The zero-order valence-corrected chi connectivity index (χ0v) is 8.22. The highest BCUT2D eigenvalue weighted by Gasteiger charge is 2.14. The van der Waals surface area contributed by atoms with Crippen molar-refractivity contribution in [1.82, 2.24) is 0 Å². The summed E-state index contributed by atoms with van der Waals surface area (Å²) in [7, 11) is 0. The summed E-state index contributed by atoms with van der Waals surface area (Å²) in [5.74, 6) is -1.08. The molecule has 1 aromatic heterocycles. The van der Waals surface area contributed by atoms with Crippen molar-refractivity contribution in [3.8, 4) is 0 Å². The van der Waals surface area contributed by atoms with Gasteiger partial charge in [0.25, 0.3) is 0 Å². The number of Topliss-reactive ketones (excluding diaryl/α,β-unsaturated/α-hetero) is 1. The molecule has 70 valence electrons. The van der Waals surface area contributed by atoms with E-state index in [2.05, 4.69) is 0 Å². The molecule has 0 fully saturated rings. The molecule has 0 aliphatic carbocycles. The van der Waals surface area contributed by atoms with Gasteiger partial charge in [0.1, 0.15) is 4.88 Å². The molecule has 0 aliphatic rings. The molecule has 3 nitrogen and oxygen atoms in total. The Bertz CT molecular complexity index is 338. The van der Waals surface area contributed by atoms with Gasteiger partial charge >= 0.3 is 5.97 Å². The molecule has 0 spiro atoms. The Labute approximate surface area is 80.0 Å². The standard InChI is InChI=1S/C9H10O3S/c1-5(2)8(10)6-3-7(9(11)12)13-4-6/h3-5H,1-2H3,(H,11,12). The van der Waals surface area contributed by atoms with E-state index in [1.54, 1.807) is 19.2 Å². The lowest BCUT2D eigenvalue weighted by atomic mass is 10.0. The molecule has 0 radical (unpaired) electrons. The molecule has 0 saturated heterocycles. The van der Waals surface area contributed by atoms with E-state index in [4.69, 9.17) is 5.11 Å². The molecule has 1 rings (SSSR count). The average Bonchev–Trinajstić information content (AvgIpc) is 2.50. The Morgan fingerprint density at radius 1 is 1.46 bits per heavy atom. The summed E-state index contributed by atoms with van der Waals surface area (Å²) >= 11 is 1.08. The molecule has 1 heterocycles. The molecule has 4 heteroatoms. The van der Waals surface area contributed by atoms with Gasteiger partial charge in [-0.3, -0.25) is 4.79 Å². The fraction of sp³-hybridized carbons (Fsp3) is 0.333. The maximum Gasteiger partial charge on any atom is 0.345 e. The molecular formula is C9H10O3S. The molecule has 0 amide bonds. The smallest absolute Gasteiger partial charge is 0.345 e. The Balaban J connectivity index is 2.92. The van der Waals surface area contributed by atoms with Crippen LogP contribution in [0, 0.1) is 5.92 Å². The summed E-state index contributed by atoms with van der Waals surface area (Å²) in [6, 6.07) is 1.43. The second-order valence-electron chi connectivity index (χ2n) is 3.02. The van der Waals surface area contributed by atoms with Gasteiger partial charge in [0.2, 0.25) is 0 Å². The van der Waals surface area contributed by atoms with Gasteiger partial charge in [-0.05, 0) is 6.07 Å². The summed E-state index contributed by atoms with van der Waals surface area (Å²) in [5.41, 5.74) is 0.498. The maximum absolute atomic E-state index is 11.4. The molecule has 0 bridgehead atoms. The highest BCUT2D eigenvalue weighted by atomic mass is 32.1. The van der Waals surface area contributed by atoms with Gasteiger partial charge < -0.3 is 5.11 Å². The first kappa shape index (κ1) is 9.92. The van der Waals surface area contributed by atoms with Crippen LogP contribution in [-0.4, -0.2) is 16.9 Å². The minimum absolute atomic E-state index is 0.0104. The van der Waals surface area contributed by atoms with Gasteiger partial charge in [0, 0.05) is 16.9 Å². The van der Waals surface area contributed by atoms with Crippen LogP contribution in [0.25, 0.3) is 0 Å². The molecule has 1 aromatic rings. The van der Waals surface area contributed by atoms with Crippen LogP contribution in [0.1, 0.15) is 33.9 Å². The first-order valence-corrected chi connectivity index (χ1v) is 4.76. The second kappa shape index (κ2) is 3.70. The van der Waals surface area contributed by atoms with Crippen molar-refractivity contribution in [2.75, 3.05) is 0 Å². The number of hydrogen-bond donors (Lipinski definition) is 1. The topological polar surface area (TPSA) is 54.4 Å². The van der Waals surface area contributed by atoms with Crippen molar-refractivity contribution in [3.05, 3.63) is 21.9 Å². The van der Waals surface area contributed by atoms with Crippen LogP contribution in [0.15, 0.2) is 11.4 Å². The van der Waals surface area contributed by atoms with Crippen molar-refractivity contribution in [3.63, 3.8) is 0 Å². The molecule has 0 saturated carbocycles. The lowest BCUT2D eigenvalue weighted by Gasteiger charge is -1.98. The molecule has 0 aliphatic heterocycles. The van der Waals surface area contributed by atoms with Crippen LogP contribution in [0.5, 0.6) is 0 Å². The van der Waals surface area contributed by atoms with Gasteiger partial charge in [0.15, 0.2) is 5.78 Å². The van der Waals surface area contributed by atoms with E-state index in [-0.39, 0.29) is 16.6 Å². The van der Waals surface area contributed by atoms with Crippen molar-refractivity contribution in [1.29, 1.82) is 0 Å². The Kier molecular flexibility index (Phi) is 2.83. The molecule has 1 N–H and O–H groups in total. The van der Waals surface area contributed by atoms with Crippen LogP contribution < -0.4 is 0 Å². The Morgan fingerprint density at radius 2 is 2.08 bits per heavy atom. The van der Waals surface area contributed by atoms with Crippen molar-refractivity contribution >= 4 is 23.1 Å². The van der Waals surface area contributed by atoms with Crippen molar-refractivity contribution < 1.29 is 14.7 Å². The largest absolute Gasteiger partial charge is 0.477 e. The zero-order valence-electron chi connectivity index (χ0n) is 7.40. The number of carbonyl (C=O) groups excluding carboxylic acids is 1. The third-order valence-corrected chi connectivity index (χ3v) is 2.54. The fourth-order valence-corrected chi connectivity index (χ4v) is 1.64. The first-order chi connectivity index (χ1) is 6.02. The average molecular weight is 198 g/mol. The minimum atomic E-state index is -0.979. The predicted molar refractivity (Wildman–Crippen MR) is 50.4 cm³/mol. The summed E-state index contributed by atoms with van der Waals surface area (Å²) in [6.45, 7) is 3.58. The normalized spacial score (nSPS) is 10.4. The predicted octanol–water partition coefficient (Wildman–Crippen LogP) is 2.29. The van der Waals surface area contributed by atoms with E-state index in [1.807, 2.05) is 0 Å². The number of hydrogen-bond acceptors (Lipinski definition) is 3. The summed E-state index contributed by atoms with van der Waals surface area (Å²) in [6.07, 6.45) is 0. The number of ketones is 1. The van der Waals surface area contributed by atoms with Crippen LogP contribution in [0.2, 0.25) is 0 Å². The number of carboxylic acid groups (broad SMARTS) is 1. The van der Waals surface area contributed by atoms with E-state index >= 15 is 0 Å². The number of rotatable bonds is 3. The monoisotopic (exact) mass is 198 g/mol. The fourth-order valence-electron chi connectivity index (χ4n) is 0.911. The number of carbonyl (C=O) groups is 2. The zero-order chi connectivity index (χ0) is 10.0. The Morgan fingerprint density at radius 3 is 2.46 bits per heavy atom. The van der Waals surface area contributed by atoms with Gasteiger partial charge in [-0.25, -0.2) is 4.79 Å². The minimum Gasteiger partial charge on any atom is -0.477 e. The van der Waals surface area contributed by atoms with Gasteiger partial charge in [0.05, 0.1) is 0 Å². The third kappa shape index (κ3) is 2.15. The molecule has 0 unspecified atom stereocenters. The van der Waals surface area contributed by atoms with Gasteiger partial charge in [-0.1, -0.05) is 13.8 Å².